The molecule has 2 aromatic heterocycles. The van der Waals surface area contributed by atoms with E-state index in [9.17, 15) is 4.39 Å². The zero-order valence-corrected chi connectivity index (χ0v) is 15.5. The third-order valence-corrected chi connectivity index (χ3v) is 4.98. The van der Waals surface area contributed by atoms with Crippen molar-refractivity contribution in [1.29, 1.82) is 0 Å². The van der Waals surface area contributed by atoms with E-state index in [4.69, 9.17) is 9.72 Å². The molecule has 5 rings (SSSR count). The molecule has 0 fully saturated rings. The summed E-state index contributed by atoms with van der Waals surface area (Å²) in [4.78, 5) is 13.5. The molecule has 0 unspecified atom stereocenters. The van der Waals surface area contributed by atoms with Gasteiger partial charge in [-0.05, 0) is 36.8 Å². The van der Waals surface area contributed by atoms with Crippen molar-refractivity contribution in [2.45, 2.75) is 13.5 Å². The Hall–Kier alpha value is -3.54. The summed E-state index contributed by atoms with van der Waals surface area (Å²) in [6, 6.07) is 10.9. The molecule has 0 spiro atoms. The molecule has 0 saturated heterocycles. The maximum Gasteiger partial charge on any atom is 0.153 e. The summed E-state index contributed by atoms with van der Waals surface area (Å²) in [6.07, 6.45) is 5.60. The fraction of sp³-hybridized carbons (Fsp3) is 0.136. The number of hydrogen-bond acceptors (Lipinski definition) is 4. The molecule has 0 radical (unpaired) electrons. The second-order valence-corrected chi connectivity index (χ2v) is 6.75. The van der Waals surface area contributed by atoms with Gasteiger partial charge < -0.3 is 9.30 Å². The average molecular weight is 372 g/mol. The fourth-order valence-corrected chi connectivity index (χ4v) is 3.68. The third kappa shape index (κ3) is 2.57. The Morgan fingerprint density at radius 3 is 2.79 bits per heavy atom. The Labute approximate surface area is 161 Å². The highest BCUT2D eigenvalue weighted by Crippen LogP contribution is 2.38. The van der Waals surface area contributed by atoms with E-state index < -0.39 is 0 Å². The topological polar surface area (TPSA) is 52.8 Å². The van der Waals surface area contributed by atoms with E-state index in [0.29, 0.717) is 11.3 Å². The van der Waals surface area contributed by atoms with Gasteiger partial charge in [0.15, 0.2) is 5.82 Å². The summed E-state index contributed by atoms with van der Waals surface area (Å²) < 4.78 is 21.7. The van der Waals surface area contributed by atoms with Crippen LogP contribution in [0.5, 0.6) is 5.75 Å². The third-order valence-electron chi connectivity index (χ3n) is 4.98. The normalized spacial score (nSPS) is 12.5. The largest absolute Gasteiger partial charge is 0.496 e. The van der Waals surface area contributed by atoms with Crippen molar-refractivity contribution in [3.05, 3.63) is 71.2 Å². The zero-order chi connectivity index (χ0) is 19.3. The quantitative estimate of drug-likeness (QED) is 0.468. The molecule has 1 aliphatic rings. The molecule has 1 aliphatic heterocycles. The van der Waals surface area contributed by atoms with Crippen molar-refractivity contribution in [3.63, 3.8) is 0 Å². The van der Waals surface area contributed by atoms with Crippen molar-refractivity contribution in [2.75, 3.05) is 7.11 Å². The van der Waals surface area contributed by atoms with Crippen LogP contribution >= 0.6 is 0 Å². The van der Waals surface area contributed by atoms with Crippen molar-refractivity contribution >= 4 is 23.1 Å². The van der Waals surface area contributed by atoms with E-state index in [1.165, 1.54) is 11.6 Å². The van der Waals surface area contributed by atoms with E-state index >= 15 is 0 Å². The predicted octanol–water partition coefficient (Wildman–Crippen LogP) is 4.48. The highest BCUT2D eigenvalue weighted by atomic mass is 19.1. The van der Waals surface area contributed by atoms with Crippen LogP contribution in [0.4, 0.5) is 4.39 Å². The number of hydrogen-bond donors (Lipinski definition) is 0. The van der Waals surface area contributed by atoms with Gasteiger partial charge in [-0.15, -0.1) is 0 Å². The zero-order valence-electron chi connectivity index (χ0n) is 15.5. The molecule has 28 heavy (non-hydrogen) atoms. The first-order valence-corrected chi connectivity index (χ1v) is 8.98. The van der Waals surface area contributed by atoms with Crippen LogP contribution in [0.1, 0.15) is 22.8 Å². The molecule has 138 valence electrons. The molecule has 4 aromatic rings. The highest BCUT2D eigenvalue weighted by Gasteiger charge is 2.24. The number of nitrogens with zero attached hydrogens (tertiary/aromatic N) is 4. The summed E-state index contributed by atoms with van der Waals surface area (Å²) in [5, 5.41) is 0.724. The molecular formula is C22H17FN4O. The van der Waals surface area contributed by atoms with Gasteiger partial charge in [-0.1, -0.05) is 24.3 Å². The summed E-state index contributed by atoms with van der Waals surface area (Å²) in [5.41, 5.74) is 4.10. The predicted molar refractivity (Wildman–Crippen MR) is 106 cm³/mol. The number of halogens is 1. The molecule has 0 saturated carbocycles. The van der Waals surface area contributed by atoms with Crippen LogP contribution in [0.2, 0.25) is 0 Å². The van der Waals surface area contributed by atoms with Crippen LogP contribution < -0.4 is 4.74 Å². The molecule has 0 N–H and O–H groups in total. The van der Waals surface area contributed by atoms with Gasteiger partial charge >= 0.3 is 0 Å². The van der Waals surface area contributed by atoms with Crippen LogP contribution in [0.15, 0.2) is 42.6 Å². The molecule has 2 aromatic carbocycles. The number of benzene rings is 2. The molecule has 0 atom stereocenters. The number of rotatable bonds is 3. The first-order valence-electron chi connectivity index (χ1n) is 8.98. The Morgan fingerprint density at radius 2 is 1.93 bits per heavy atom. The van der Waals surface area contributed by atoms with Gasteiger partial charge in [0, 0.05) is 23.8 Å². The first kappa shape index (κ1) is 16.6. The molecule has 6 heteroatoms. The van der Waals surface area contributed by atoms with Crippen LogP contribution in [-0.4, -0.2) is 26.6 Å². The number of fused-ring (bicyclic) bond motifs is 4. The number of ether oxygens (including phenoxy) is 1. The summed E-state index contributed by atoms with van der Waals surface area (Å²) in [5.74, 6) is 1.82. The molecule has 5 nitrogen and oxygen atoms in total. The van der Waals surface area contributed by atoms with Crippen LogP contribution in [0.3, 0.4) is 0 Å². The standard InChI is InChI=1S/C22H17FN4O/c1-13-16-6-4-7-17(23)21(16)26-19(24-13)10-9-15-12-27-11-14-5-3-8-18(28-2)20(14)22(27)25-15/h3-10,12H,11H2,1-2H3/b10-9+. The van der Waals surface area contributed by atoms with Crippen molar-refractivity contribution in [2.24, 2.45) is 0 Å². The van der Waals surface area contributed by atoms with Crippen LogP contribution in [0, 0.1) is 12.7 Å². The molecular weight excluding hydrogens is 355 g/mol. The molecule has 0 aliphatic carbocycles. The van der Waals surface area contributed by atoms with Crippen LogP contribution in [-0.2, 0) is 6.54 Å². The Balaban J connectivity index is 1.51. The van der Waals surface area contributed by atoms with Gasteiger partial charge in [0.25, 0.3) is 0 Å². The Morgan fingerprint density at radius 1 is 1.07 bits per heavy atom. The van der Waals surface area contributed by atoms with Gasteiger partial charge in [-0.3, -0.25) is 0 Å². The Kier molecular flexibility index (Phi) is 3.72. The highest BCUT2D eigenvalue weighted by molar-refractivity contribution is 5.82. The minimum atomic E-state index is -0.345. The summed E-state index contributed by atoms with van der Waals surface area (Å²) >= 11 is 0. The van der Waals surface area contributed by atoms with Gasteiger partial charge in [0.05, 0.1) is 18.4 Å². The smallest absolute Gasteiger partial charge is 0.153 e. The summed E-state index contributed by atoms with van der Waals surface area (Å²) in [7, 11) is 1.67. The lowest BCUT2D eigenvalue weighted by molar-refractivity contribution is 0.416. The maximum absolute atomic E-state index is 14.1. The first-order chi connectivity index (χ1) is 13.6. The van der Waals surface area contributed by atoms with E-state index in [2.05, 4.69) is 20.6 Å². The van der Waals surface area contributed by atoms with Crippen LogP contribution in [0.25, 0.3) is 34.4 Å². The summed E-state index contributed by atoms with van der Waals surface area (Å²) in [6.45, 7) is 2.62. The minimum Gasteiger partial charge on any atom is -0.496 e. The fourth-order valence-electron chi connectivity index (χ4n) is 3.68. The number of methoxy groups -OCH3 is 1. The second-order valence-electron chi connectivity index (χ2n) is 6.75. The lowest BCUT2D eigenvalue weighted by Gasteiger charge is -2.05. The van der Waals surface area contributed by atoms with Gasteiger partial charge in [0.1, 0.15) is 22.9 Å². The lowest BCUT2D eigenvalue weighted by Crippen LogP contribution is -1.95. The van der Waals surface area contributed by atoms with Gasteiger partial charge in [-0.25, -0.2) is 19.3 Å². The Bertz CT molecular complexity index is 1260. The van der Waals surface area contributed by atoms with E-state index in [-0.39, 0.29) is 5.82 Å². The number of para-hydroxylation sites is 1. The number of imidazole rings is 1. The number of aromatic nitrogens is 4. The second kappa shape index (κ2) is 6.27. The van der Waals surface area contributed by atoms with E-state index in [0.717, 1.165) is 40.5 Å². The molecule has 0 amide bonds. The minimum absolute atomic E-state index is 0.334. The van der Waals surface area contributed by atoms with Crippen molar-refractivity contribution < 1.29 is 9.13 Å². The number of aryl methyl sites for hydroxylation is 1. The average Bonchev–Trinajstić information content (AvgIpc) is 3.24. The maximum atomic E-state index is 14.1. The lowest BCUT2D eigenvalue weighted by atomic mass is 10.1. The van der Waals surface area contributed by atoms with Gasteiger partial charge in [-0.2, -0.15) is 0 Å². The molecule has 3 heterocycles. The molecule has 0 bridgehead atoms. The SMILES string of the molecule is COc1cccc2c1-c1nc(/C=C/c3nc(C)c4cccc(F)c4n3)cn1C2. The van der Waals surface area contributed by atoms with Crippen molar-refractivity contribution in [1.82, 2.24) is 19.5 Å². The monoisotopic (exact) mass is 372 g/mol. The van der Waals surface area contributed by atoms with E-state index in [1.54, 1.807) is 19.3 Å². The van der Waals surface area contributed by atoms with Crippen molar-refractivity contribution in [3.8, 4) is 17.1 Å². The van der Waals surface area contributed by atoms with E-state index in [1.807, 2.05) is 37.4 Å². The van der Waals surface area contributed by atoms with Gasteiger partial charge in [0.2, 0.25) is 0 Å².